The van der Waals surface area contributed by atoms with Crippen LogP contribution in [0.2, 0.25) is 0 Å². The average Bonchev–Trinajstić information content (AvgIpc) is 3.10. The van der Waals surface area contributed by atoms with Crippen LogP contribution in [0.5, 0.6) is 0 Å². The van der Waals surface area contributed by atoms with Crippen LogP contribution in [0.15, 0.2) is 22.9 Å². The largest absolute Gasteiger partial charge is 0.312 e. The topological polar surface area (TPSA) is 54.0 Å². The molecule has 2 N–H and O–H groups in total. The van der Waals surface area contributed by atoms with E-state index >= 15 is 0 Å². The van der Waals surface area contributed by atoms with E-state index in [4.69, 9.17) is 0 Å². The molecule has 2 aromatic heterocycles. The van der Waals surface area contributed by atoms with Crippen molar-refractivity contribution in [3.05, 3.63) is 22.9 Å². The van der Waals surface area contributed by atoms with Gasteiger partial charge in [0.25, 0.3) is 0 Å². The maximum absolute atomic E-state index is 12.0. The molecule has 1 aliphatic rings. The van der Waals surface area contributed by atoms with Gasteiger partial charge in [-0.15, -0.1) is 22.7 Å². The van der Waals surface area contributed by atoms with Crippen LogP contribution < -0.4 is 10.6 Å². The summed E-state index contributed by atoms with van der Waals surface area (Å²) < 4.78 is 0. The third kappa shape index (κ3) is 3.60. The number of thiazole rings is 1. The summed E-state index contributed by atoms with van der Waals surface area (Å²) in [4.78, 5) is 17.6. The van der Waals surface area contributed by atoms with Gasteiger partial charge in [0.1, 0.15) is 0 Å². The van der Waals surface area contributed by atoms with E-state index in [2.05, 4.69) is 15.6 Å². The van der Waals surface area contributed by atoms with Gasteiger partial charge in [-0.2, -0.15) is 11.8 Å². The van der Waals surface area contributed by atoms with Crippen molar-refractivity contribution in [2.45, 2.75) is 12.5 Å². The summed E-state index contributed by atoms with van der Waals surface area (Å²) in [6.45, 7) is 0.988. The van der Waals surface area contributed by atoms with Crippen LogP contribution in [0.1, 0.15) is 6.42 Å². The molecule has 0 aliphatic carbocycles. The van der Waals surface area contributed by atoms with E-state index in [0.717, 1.165) is 28.6 Å². The van der Waals surface area contributed by atoms with Crippen LogP contribution in [0, 0.1) is 0 Å². The molecule has 20 heavy (non-hydrogen) atoms. The number of thioether (sulfide) groups is 1. The van der Waals surface area contributed by atoms with Gasteiger partial charge in [-0.25, -0.2) is 4.98 Å². The highest BCUT2D eigenvalue weighted by atomic mass is 32.2. The van der Waals surface area contributed by atoms with Gasteiger partial charge < -0.3 is 10.6 Å². The number of anilines is 1. The smallest absolute Gasteiger partial charge is 0.227 e. The second kappa shape index (κ2) is 6.71. The van der Waals surface area contributed by atoms with E-state index in [1.807, 2.05) is 34.7 Å². The fraction of sp³-hybridized carbons (Fsp3) is 0.385. The van der Waals surface area contributed by atoms with Crippen LogP contribution in [0.4, 0.5) is 5.13 Å². The predicted molar refractivity (Wildman–Crippen MR) is 87.8 cm³/mol. The molecule has 106 valence electrons. The molecule has 0 aromatic carbocycles. The molecule has 3 rings (SSSR count). The van der Waals surface area contributed by atoms with Gasteiger partial charge in [-0.1, -0.05) is 6.07 Å². The lowest BCUT2D eigenvalue weighted by Gasteiger charge is -2.22. The molecule has 2 aromatic rings. The number of carbonyl (C=O) groups excluding carboxylic acids is 1. The van der Waals surface area contributed by atoms with Crippen LogP contribution in [0.3, 0.4) is 0 Å². The molecule has 1 saturated heterocycles. The number of hydrogen-bond acceptors (Lipinski definition) is 6. The first kappa shape index (κ1) is 14.1. The monoisotopic (exact) mass is 325 g/mol. The van der Waals surface area contributed by atoms with E-state index in [-0.39, 0.29) is 11.9 Å². The van der Waals surface area contributed by atoms with E-state index in [0.29, 0.717) is 11.6 Å². The summed E-state index contributed by atoms with van der Waals surface area (Å²) in [6.07, 6.45) is 0.515. The molecule has 0 saturated carbocycles. The lowest BCUT2D eigenvalue weighted by atomic mass is 10.2. The van der Waals surface area contributed by atoms with E-state index in [1.54, 1.807) is 11.3 Å². The maximum Gasteiger partial charge on any atom is 0.227 e. The Labute approximate surface area is 130 Å². The first-order chi connectivity index (χ1) is 9.81. The molecular weight excluding hydrogens is 310 g/mol. The molecule has 0 spiro atoms. The lowest BCUT2D eigenvalue weighted by molar-refractivity contribution is -0.116. The fourth-order valence-electron chi connectivity index (χ4n) is 2.01. The van der Waals surface area contributed by atoms with Crippen molar-refractivity contribution in [3.63, 3.8) is 0 Å². The normalized spacial score (nSPS) is 18.9. The third-order valence-corrected chi connectivity index (χ3v) is 5.74. The van der Waals surface area contributed by atoms with Crippen LogP contribution in [0.25, 0.3) is 10.6 Å². The number of hydrogen-bond donors (Lipinski definition) is 2. The number of carbonyl (C=O) groups is 1. The highest BCUT2D eigenvalue weighted by molar-refractivity contribution is 7.99. The van der Waals surface area contributed by atoms with E-state index in [1.165, 1.54) is 11.3 Å². The zero-order valence-electron chi connectivity index (χ0n) is 10.8. The fourth-order valence-corrected chi connectivity index (χ4v) is 4.45. The quantitative estimate of drug-likeness (QED) is 0.907. The first-order valence-electron chi connectivity index (χ1n) is 6.41. The number of amides is 1. The molecule has 7 heteroatoms. The second-order valence-electron chi connectivity index (χ2n) is 4.49. The van der Waals surface area contributed by atoms with Crippen molar-refractivity contribution in [3.8, 4) is 10.6 Å². The summed E-state index contributed by atoms with van der Waals surface area (Å²) >= 11 is 5.03. The Morgan fingerprint density at radius 1 is 1.50 bits per heavy atom. The van der Waals surface area contributed by atoms with Gasteiger partial charge in [-0.05, 0) is 11.4 Å². The molecule has 1 atom stereocenters. The number of aromatic nitrogens is 1. The van der Waals surface area contributed by atoms with Crippen molar-refractivity contribution in [1.82, 2.24) is 10.3 Å². The Morgan fingerprint density at radius 2 is 2.45 bits per heavy atom. The molecule has 1 fully saturated rings. The zero-order valence-corrected chi connectivity index (χ0v) is 13.2. The van der Waals surface area contributed by atoms with Crippen molar-refractivity contribution < 1.29 is 4.79 Å². The van der Waals surface area contributed by atoms with Crippen LogP contribution in [-0.2, 0) is 4.79 Å². The van der Waals surface area contributed by atoms with Gasteiger partial charge >= 0.3 is 0 Å². The SMILES string of the molecule is O=C(CC1CSCCN1)Nc1nc(-c2cccs2)cs1. The summed E-state index contributed by atoms with van der Waals surface area (Å²) in [5.41, 5.74) is 0.937. The molecule has 1 aliphatic heterocycles. The number of nitrogens with one attached hydrogen (secondary N) is 2. The van der Waals surface area contributed by atoms with Gasteiger partial charge in [0, 0.05) is 35.9 Å². The van der Waals surface area contributed by atoms with Crippen molar-refractivity contribution in [2.24, 2.45) is 0 Å². The summed E-state index contributed by atoms with van der Waals surface area (Å²) in [7, 11) is 0. The zero-order chi connectivity index (χ0) is 13.8. The van der Waals surface area contributed by atoms with Crippen LogP contribution >= 0.6 is 34.4 Å². The Hall–Kier alpha value is -0.890. The third-order valence-electron chi connectivity index (χ3n) is 2.95. The molecule has 0 bridgehead atoms. The van der Waals surface area contributed by atoms with Crippen molar-refractivity contribution in [1.29, 1.82) is 0 Å². The molecule has 1 amide bonds. The first-order valence-corrected chi connectivity index (χ1v) is 9.33. The van der Waals surface area contributed by atoms with E-state index in [9.17, 15) is 4.79 Å². The Balaban J connectivity index is 1.56. The number of thiophene rings is 1. The van der Waals surface area contributed by atoms with Crippen molar-refractivity contribution >= 4 is 45.5 Å². The summed E-state index contributed by atoms with van der Waals surface area (Å²) in [5, 5.41) is 11.0. The average molecular weight is 325 g/mol. The highest BCUT2D eigenvalue weighted by Crippen LogP contribution is 2.28. The van der Waals surface area contributed by atoms with Gasteiger partial charge in [0.2, 0.25) is 5.91 Å². The molecule has 4 nitrogen and oxygen atoms in total. The summed E-state index contributed by atoms with van der Waals surface area (Å²) in [6, 6.07) is 4.32. The van der Waals surface area contributed by atoms with Gasteiger partial charge in [-0.3, -0.25) is 4.79 Å². The Morgan fingerprint density at radius 3 is 3.20 bits per heavy atom. The van der Waals surface area contributed by atoms with Crippen LogP contribution in [-0.4, -0.2) is 35.0 Å². The summed E-state index contributed by atoms with van der Waals surface area (Å²) in [5.74, 6) is 2.18. The second-order valence-corrected chi connectivity index (χ2v) is 7.45. The van der Waals surface area contributed by atoms with Gasteiger partial charge in [0.05, 0.1) is 10.6 Å². The van der Waals surface area contributed by atoms with Gasteiger partial charge in [0.15, 0.2) is 5.13 Å². The minimum absolute atomic E-state index is 0.0390. The lowest BCUT2D eigenvalue weighted by Crippen LogP contribution is -2.39. The minimum Gasteiger partial charge on any atom is -0.312 e. The predicted octanol–water partition coefficient (Wildman–Crippen LogP) is 2.91. The number of nitrogens with zero attached hydrogens (tertiary/aromatic N) is 1. The highest BCUT2D eigenvalue weighted by Gasteiger charge is 2.17. The standard InChI is InChI=1S/C13H15N3OS3/c17-12(6-9-7-18-5-3-14-9)16-13-15-10(8-20-13)11-2-1-4-19-11/h1-2,4,8-9,14H,3,5-7H2,(H,15,16,17). The van der Waals surface area contributed by atoms with E-state index < -0.39 is 0 Å². The maximum atomic E-state index is 12.0. The molecule has 1 unspecified atom stereocenters. The Kier molecular flexibility index (Phi) is 4.72. The number of rotatable bonds is 4. The molecule has 3 heterocycles. The molecular formula is C13H15N3OS3. The van der Waals surface area contributed by atoms with Crippen molar-refractivity contribution in [2.75, 3.05) is 23.4 Å². The molecule has 0 radical (unpaired) electrons. The minimum atomic E-state index is 0.0390. The Bertz CT molecular complexity index is 561.